The molecular weight excluding hydrogens is 370 g/mol. The number of likely N-dealkylation sites (tertiary alicyclic amines) is 1. The molecule has 6 nitrogen and oxygen atoms in total. The lowest BCUT2D eigenvalue weighted by Crippen LogP contribution is -2.41. The minimum Gasteiger partial charge on any atom is -0.482 e. The summed E-state index contributed by atoms with van der Waals surface area (Å²) in [6.07, 6.45) is 2.10. The predicted octanol–water partition coefficient (Wildman–Crippen LogP) is 3.10. The third kappa shape index (κ3) is 5.91. The SMILES string of the molecule is CC1CCCN(C(=O)COC(=O)COc2ccc(C(=O)c3ccccc3)cc2)C1. The third-order valence-electron chi connectivity index (χ3n) is 4.88. The molecule has 1 saturated heterocycles. The second-order valence-electron chi connectivity index (χ2n) is 7.26. The fourth-order valence-corrected chi connectivity index (χ4v) is 3.29. The zero-order valence-electron chi connectivity index (χ0n) is 16.5. The second kappa shape index (κ2) is 9.87. The second-order valence-corrected chi connectivity index (χ2v) is 7.26. The highest BCUT2D eigenvalue weighted by molar-refractivity contribution is 6.08. The van der Waals surface area contributed by atoms with E-state index in [4.69, 9.17) is 9.47 Å². The van der Waals surface area contributed by atoms with Gasteiger partial charge in [0.2, 0.25) is 0 Å². The molecule has 2 aromatic carbocycles. The van der Waals surface area contributed by atoms with E-state index in [0.29, 0.717) is 35.9 Å². The van der Waals surface area contributed by atoms with Gasteiger partial charge in [-0.05, 0) is 43.0 Å². The number of amides is 1. The van der Waals surface area contributed by atoms with Crippen LogP contribution in [0.3, 0.4) is 0 Å². The Kier molecular flexibility index (Phi) is 7.00. The molecule has 0 bridgehead atoms. The number of rotatable bonds is 7. The van der Waals surface area contributed by atoms with Crippen LogP contribution in [0.4, 0.5) is 0 Å². The van der Waals surface area contributed by atoms with Gasteiger partial charge in [-0.1, -0.05) is 37.3 Å². The lowest BCUT2D eigenvalue weighted by Gasteiger charge is -2.30. The summed E-state index contributed by atoms with van der Waals surface area (Å²) in [5, 5.41) is 0. The van der Waals surface area contributed by atoms with Crippen molar-refractivity contribution in [2.45, 2.75) is 19.8 Å². The van der Waals surface area contributed by atoms with Crippen LogP contribution in [-0.2, 0) is 14.3 Å². The zero-order chi connectivity index (χ0) is 20.6. The van der Waals surface area contributed by atoms with E-state index in [1.54, 1.807) is 41.3 Å². The van der Waals surface area contributed by atoms with Crippen LogP contribution in [0.2, 0.25) is 0 Å². The van der Waals surface area contributed by atoms with E-state index >= 15 is 0 Å². The van der Waals surface area contributed by atoms with Gasteiger partial charge in [-0.25, -0.2) is 4.79 Å². The summed E-state index contributed by atoms with van der Waals surface area (Å²) in [6, 6.07) is 15.6. The zero-order valence-corrected chi connectivity index (χ0v) is 16.5. The molecule has 6 heteroatoms. The molecule has 0 aliphatic carbocycles. The van der Waals surface area contributed by atoms with Gasteiger partial charge < -0.3 is 14.4 Å². The molecule has 1 atom stereocenters. The summed E-state index contributed by atoms with van der Waals surface area (Å²) in [5.74, 6) is 0.0647. The molecule has 0 saturated carbocycles. The smallest absolute Gasteiger partial charge is 0.344 e. The highest BCUT2D eigenvalue weighted by Crippen LogP contribution is 2.16. The first-order chi connectivity index (χ1) is 14.0. The Morgan fingerprint density at radius 2 is 1.66 bits per heavy atom. The van der Waals surface area contributed by atoms with Crippen molar-refractivity contribution in [1.29, 1.82) is 0 Å². The van der Waals surface area contributed by atoms with Crippen molar-refractivity contribution in [2.75, 3.05) is 26.3 Å². The summed E-state index contributed by atoms with van der Waals surface area (Å²) >= 11 is 0. The Bertz CT molecular complexity index is 847. The van der Waals surface area contributed by atoms with Crippen molar-refractivity contribution < 1.29 is 23.9 Å². The van der Waals surface area contributed by atoms with E-state index in [0.717, 1.165) is 12.8 Å². The number of hydrogen-bond donors (Lipinski definition) is 0. The summed E-state index contributed by atoms with van der Waals surface area (Å²) in [6.45, 7) is 2.97. The van der Waals surface area contributed by atoms with Crippen molar-refractivity contribution in [3.8, 4) is 5.75 Å². The van der Waals surface area contributed by atoms with Crippen LogP contribution >= 0.6 is 0 Å². The van der Waals surface area contributed by atoms with Gasteiger partial charge in [0.25, 0.3) is 5.91 Å². The molecule has 2 aromatic rings. The van der Waals surface area contributed by atoms with Gasteiger partial charge in [-0.2, -0.15) is 0 Å². The molecule has 29 heavy (non-hydrogen) atoms. The lowest BCUT2D eigenvalue weighted by atomic mass is 10.0. The first-order valence-corrected chi connectivity index (χ1v) is 9.79. The molecule has 1 unspecified atom stereocenters. The number of piperidine rings is 1. The molecule has 1 aliphatic heterocycles. The Morgan fingerprint density at radius 1 is 0.966 bits per heavy atom. The number of ketones is 1. The van der Waals surface area contributed by atoms with Gasteiger partial charge in [0.05, 0.1) is 0 Å². The van der Waals surface area contributed by atoms with E-state index < -0.39 is 5.97 Å². The minimum absolute atomic E-state index is 0.0814. The van der Waals surface area contributed by atoms with E-state index in [1.165, 1.54) is 0 Å². The number of hydrogen-bond acceptors (Lipinski definition) is 5. The number of ether oxygens (including phenoxy) is 2. The number of carbonyl (C=O) groups excluding carboxylic acids is 3. The number of esters is 1. The van der Waals surface area contributed by atoms with Gasteiger partial charge >= 0.3 is 5.97 Å². The van der Waals surface area contributed by atoms with Crippen LogP contribution in [-0.4, -0.2) is 48.9 Å². The first kappa shape index (κ1) is 20.6. The molecular formula is C23H25NO5. The van der Waals surface area contributed by atoms with Gasteiger partial charge in [0, 0.05) is 24.2 Å². The fraction of sp³-hybridized carbons (Fsp3) is 0.348. The van der Waals surface area contributed by atoms with Gasteiger partial charge in [0.1, 0.15) is 5.75 Å². The van der Waals surface area contributed by atoms with Crippen LogP contribution < -0.4 is 4.74 Å². The van der Waals surface area contributed by atoms with Crippen molar-refractivity contribution in [3.63, 3.8) is 0 Å². The molecule has 1 amide bonds. The molecule has 1 fully saturated rings. The number of carbonyl (C=O) groups is 3. The normalized spacial score (nSPS) is 16.2. The van der Waals surface area contributed by atoms with Gasteiger partial charge in [0.15, 0.2) is 19.0 Å². The molecule has 0 spiro atoms. The predicted molar refractivity (Wildman–Crippen MR) is 108 cm³/mol. The Labute approximate surface area is 170 Å². The average Bonchev–Trinajstić information content (AvgIpc) is 2.76. The van der Waals surface area contributed by atoms with Crippen LogP contribution in [0.1, 0.15) is 35.7 Å². The highest BCUT2D eigenvalue weighted by atomic mass is 16.6. The molecule has 3 rings (SSSR count). The van der Waals surface area contributed by atoms with Gasteiger partial charge in [-0.15, -0.1) is 0 Å². The molecule has 1 aliphatic rings. The van der Waals surface area contributed by atoms with Crippen LogP contribution in [0.15, 0.2) is 54.6 Å². The van der Waals surface area contributed by atoms with E-state index in [1.807, 2.05) is 18.2 Å². The topological polar surface area (TPSA) is 72.9 Å². The van der Waals surface area contributed by atoms with Crippen molar-refractivity contribution in [1.82, 2.24) is 4.90 Å². The summed E-state index contributed by atoms with van der Waals surface area (Å²) < 4.78 is 10.4. The van der Waals surface area contributed by atoms with Crippen molar-refractivity contribution in [2.24, 2.45) is 5.92 Å². The molecule has 152 valence electrons. The Morgan fingerprint density at radius 3 is 2.34 bits per heavy atom. The Hall–Kier alpha value is -3.15. The maximum Gasteiger partial charge on any atom is 0.344 e. The monoisotopic (exact) mass is 395 g/mol. The fourth-order valence-electron chi connectivity index (χ4n) is 3.29. The summed E-state index contributed by atoms with van der Waals surface area (Å²) in [4.78, 5) is 38.1. The van der Waals surface area contributed by atoms with E-state index in [2.05, 4.69) is 6.92 Å². The van der Waals surface area contributed by atoms with Crippen LogP contribution in [0.5, 0.6) is 5.75 Å². The lowest BCUT2D eigenvalue weighted by molar-refractivity contribution is -0.154. The molecule has 0 N–H and O–H groups in total. The average molecular weight is 395 g/mol. The minimum atomic E-state index is -0.604. The summed E-state index contributed by atoms with van der Waals surface area (Å²) in [7, 11) is 0. The Balaban J connectivity index is 1.43. The largest absolute Gasteiger partial charge is 0.482 e. The summed E-state index contributed by atoms with van der Waals surface area (Å²) in [5.41, 5.74) is 1.14. The maximum atomic E-state index is 12.4. The number of nitrogens with zero attached hydrogens (tertiary/aromatic N) is 1. The van der Waals surface area contributed by atoms with Crippen molar-refractivity contribution >= 4 is 17.7 Å². The molecule has 1 heterocycles. The third-order valence-corrected chi connectivity index (χ3v) is 4.88. The maximum absolute atomic E-state index is 12.4. The van der Waals surface area contributed by atoms with Crippen molar-refractivity contribution in [3.05, 3.63) is 65.7 Å². The van der Waals surface area contributed by atoms with E-state index in [-0.39, 0.29) is 24.9 Å². The van der Waals surface area contributed by atoms with Crippen LogP contribution in [0.25, 0.3) is 0 Å². The quantitative estimate of drug-likeness (QED) is 0.532. The highest BCUT2D eigenvalue weighted by Gasteiger charge is 2.21. The van der Waals surface area contributed by atoms with Gasteiger partial charge in [-0.3, -0.25) is 9.59 Å². The standard InChI is InChI=1S/C23H25NO5/c1-17-6-5-13-24(14-17)21(25)15-29-22(26)16-28-20-11-9-19(10-12-20)23(27)18-7-3-2-4-8-18/h2-4,7-12,17H,5-6,13-16H2,1H3. The van der Waals surface area contributed by atoms with Crippen LogP contribution in [0, 0.1) is 5.92 Å². The molecule has 0 radical (unpaired) electrons. The molecule has 0 aromatic heterocycles. The number of benzene rings is 2. The first-order valence-electron chi connectivity index (χ1n) is 9.79. The van der Waals surface area contributed by atoms with E-state index in [9.17, 15) is 14.4 Å².